The summed E-state index contributed by atoms with van der Waals surface area (Å²) in [6.45, 7) is 2.81. The highest BCUT2D eigenvalue weighted by Gasteiger charge is 2.02. The van der Waals surface area contributed by atoms with Gasteiger partial charge in [0.2, 0.25) is 0 Å². The number of benzene rings is 1. The minimum atomic E-state index is 0.904. The zero-order valence-corrected chi connectivity index (χ0v) is 12.7. The van der Waals surface area contributed by atoms with Crippen molar-refractivity contribution in [1.29, 1.82) is 0 Å². The van der Waals surface area contributed by atoms with Gasteiger partial charge in [-0.15, -0.1) is 11.3 Å². The molecule has 5 heteroatoms. The van der Waals surface area contributed by atoms with Crippen molar-refractivity contribution in [2.45, 2.75) is 6.54 Å². The Morgan fingerprint density at radius 1 is 1.39 bits per heavy atom. The van der Waals surface area contributed by atoms with E-state index < -0.39 is 0 Å². The second kappa shape index (κ2) is 6.87. The Kier molecular flexibility index (Phi) is 5.16. The van der Waals surface area contributed by atoms with Crippen LogP contribution in [0.5, 0.6) is 0 Å². The number of aromatic nitrogens is 1. The van der Waals surface area contributed by atoms with Crippen LogP contribution in [-0.4, -0.2) is 30.0 Å². The Balaban J connectivity index is 1.74. The molecule has 0 radical (unpaired) electrons. The normalized spacial score (nSPS) is 10.8. The molecule has 18 heavy (non-hydrogen) atoms. The van der Waals surface area contributed by atoms with E-state index in [0.29, 0.717) is 0 Å². The average molecular weight is 326 g/mol. The summed E-state index contributed by atoms with van der Waals surface area (Å²) in [5.74, 6) is 0. The van der Waals surface area contributed by atoms with Crippen LogP contribution in [0.3, 0.4) is 0 Å². The van der Waals surface area contributed by atoms with Crippen LogP contribution in [0.15, 0.2) is 39.6 Å². The van der Waals surface area contributed by atoms with E-state index in [1.54, 1.807) is 11.3 Å². The Hall–Kier alpha value is -0.910. The molecule has 3 nitrogen and oxygen atoms in total. The number of nitrogens with one attached hydrogen (secondary N) is 1. The van der Waals surface area contributed by atoms with Crippen molar-refractivity contribution in [2.24, 2.45) is 0 Å². The first-order valence-corrected chi connectivity index (χ1v) is 7.53. The van der Waals surface area contributed by atoms with Crippen LogP contribution < -0.4 is 5.32 Å². The highest BCUT2D eigenvalue weighted by Crippen LogP contribution is 2.20. The van der Waals surface area contributed by atoms with Crippen LogP contribution in [-0.2, 0) is 6.54 Å². The van der Waals surface area contributed by atoms with Crippen LogP contribution in [0.2, 0.25) is 0 Å². The van der Waals surface area contributed by atoms with Gasteiger partial charge in [-0.3, -0.25) is 4.90 Å². The average Bonchev–Trinajstić information content (AvgIpc) is 2.84. The second-order valence-electron chi connectivity index (χ2n) is 4.12. The SMILES string of the molecule is CN(CCNc1ccccc1Br)Cc1cscn1. The van der Waals surface area contributed by atoms with Gasteiger partial charge in [-0.2, -0.15) is 0 Å². The lowest BCUT2D eigenvalue weighted by Crippen LogP contribution is -2.24. The molecule has 0 saturated carbocycles. The molecule has 0 spiro atoms. The maximum absolute atomic E-state index is 4.29. The zero-order chi connectivity index (χ0) is 12.8. The third kappa shape index (κ3) is 4.08. The molecule has 0 bridgehead atoms. The Morgan fingerprint density at radius 2 is 2.22 bits per heavy atom. The number of halogens is 1. The molecule has 0 aliphatic carbocycles. The van der Waals surface area contributed by atoms with Crippen LogP contribution in [0.25, 0.3) is 0 Å². The minimum Gasteiger partial charge on any atom is -0.383 e. The topological polar surface area (TPSA) is 28.2 Å². The van der Waals surface area contributed by atoms with Gasteiger partial charge in [0.05, 0.1) is 11.2 Å². The number of hydrogen-bond donors (Lipinski definition) is 1. The van der Waals surface area contributed by atoms with Crippen molar-refractivity contribution in [3.05, 3.63) is 45.3 Å². The number of rotatable bonds is 6. The monoisotopic (exact) mass is 325 g/mol. The number of hydrogen-bond acceptors (Lipinski definition) is 4. The number of anilines is 1. The van der Waals surface area contributed by atoms with Gasteiger partial charge >= 0.3 is 0 Å². The van der Waals surface area contributed by atoms with Gasteiger partial charge in [-0.05, 0) is 35.1 Å². The smallest absolute Gasteiger partial charge is 0.0795 e. The third-order valence-electron chi connectivity index (χ3n) is 2.60. The number of nitrogens with zero attached hydrogens (tertiary/aromatic N) is 2. The molecule has 0 saturated heterocycles. The Bertz CT molecular complexity index is 473. The summed E-state index contributed by atoms with van der Waals surface area (Å²) in [6.07, 6.45) is 0. The molecule has 1 N–H and O–H groups in total. The van der Waals surface area contributed by atoms with Crippen LogP contribution in [0.4, 0.5) is 5.69 Å². The van der Waals surface area contributed by atoms with E-state index >= 15 is 0 Å². The van der Waals surface area contributed by atoms with E-state index in [-0.39, 0.29) is 0 Å². The standard InChI is InChI=1S/C13H16BrN3S/c1-17(8-11-9-18-10-16-11)7-6-15-13-5-3-2-4-12(13)14/h2-5,9-10,15H,6-8H2,1H3. The molecule has 0 atom stereocenters. The Morgan fingerprint density at radius 3 is 2.94 bits per heavy atom. The van der Waals surface area contributed by atoms with Gasteiger partial charge in [-0.25, -0.2) is 4.98 Å². The molecule has 1 aromatic heterocycles. The number of thiazole rings is 1. The fourth-order valence-electron chi connectivity index (χ4n) is 1.66. The van der Waals surface area contributed by atoms with Crippen molar-refractivity contribution in [3.63, 3.8) is 0 Å². The third-order valence-corrected chi connectivity index (χ3v) is 3.92. The summed E-state index contributed by atoms with van der Waals surface area (Å²) in [6, 6.07) is 8.17. The van der Waals surface area contributed by atoms with Gasteiger partial charge in [0.15, 0.2) is 0 Å². The molecule has 0 unspecified atom stereocenters. The van der Waals surface area contributed by atoms with Crippen LogP contribution in [0.1, 0.15) is 5.69 Å². The summed E-state index contributed by atoms with van der Waals surface area (Å²) < 4.78 is 1.10. The molecular weight excluding hydrogens is 310 g/mol. The predicted octanol–water partition coefficient (Wildman–Crippen LogP) is 3.45. The fourth-order valence-corrected chi connectivity index (χ4v) is 2.63. The maximum Gasteiger partial charge on any atom is 0.0795 e. The minimum absolute atomic E-state index is 0.904. The summed E-state index contributed by atoms with van der Waals surface area (Å²) in [5, 5.41) is 5.51. The highest BCUT2D eigenvalue weighted by atomic mass is 79.9. The molecule has 0 fully saturated rings. The molecule has 1 heterocycles. The number of likely N-dealkylation sites (N-methyl/N-ethyl adjacent to an activating group) is 1. The molecule has 0 aliphatic heterocycles. The van der Waals surface area contributed by atoms with E-state index in [9.17, 15) is 0 Å². The van der Waals surface area contributed by atoms with E-state index in [1.807, 2.05) is 23.7 Å². The predicted molar refractivity (Wildman–Crippen MR) is 81.1 cm³/mol. The summed E-state index contributed by atoms with van der Waals surface area (Å²) in [5.41, 5.74) is 4.16. The first-order valence-electron chi connectivity index (χ1n) is 5.79. The fraction of sp³-hybridized carbons (Fsp3) is 0.308. The van der Waals surface area contributed by atoms with Crippen molar-refractivity contribution in [1.82, 2.24) is 9.88 Å². The number of para-hydroxylation sites is 1. The molecule has 2 aromatic rings. The van der Waals surface area contributed by atoms with Gasteiger partial charge in [0.1, 0.15) is 0 Å². The van der Waals surface area contributed by atoms with Crippen LogP contribution >= 0.6 is 27.3 Å². The van der Waals surface area contributed by atoms with Gasteiger partial charge in [0, 0.05) is 35.2 Å². The van der Waals surface area contributed by atoms with E-state index in [4.69, 9.17) is 0 Å². The quantitative estimate of drug-likeness (QED) is 0.881. The first-order chi connectivity index (χ1) is 8.75. The molecule has 96 valence electrons. The molecule has 0 aliphatic rings. The lowest BCUT2D eigenvalue weighted by molar-refractivity contribution is 0.336. The van der Waals surface area contributed by atoms with Crippen molar-refractivity contribution in [2.75, 3.05) is 25.5 Å². The lowest BCUT2D eigenvalue weighted by atomic mass is 10.3. The second-order valence-corrected chi connectivity index (χ2v) is 5.70. The van der Waals surface area contributed by atoms with E-state index in [0.717, 1.165) is 35.5 Å². The molecule has 1 aromatic carbocycles. The Labute approximate surface area is 120 Å². The van der Waals surface area contributed by atoms with Crippen molar-refractivity contribution < 1.29 is 0 Å². The lowest BCUT2D eigenvalue weighted by Gasteiger charge is -2.16. The molecule has 0 amide bonds. The highest BCUT2D eigenvalue weighted by molar-refractivity contribution is 9.10. The van der Waals surface area contributed by atoms with Crippen molar-refractivity contribution in [3.8, 4) is 0 Å². The van der Waals surface area contributed by atoms with Crippen molar-refractivity contribution >= 4 is 33.0 Å². The van der Waals surface area contributed by atoms with Gasteiger partial charge in [-0.1, -0.05) is 12.1 Å². The maximum atomic E-state index is 4.29. The van der Waals surface area contributed by atoms with Crippen LogP contribution in [0, 0.1) is 0 Å². The van der Waals surface area contributed by atoms with Gasteiger partial charge in [0.25, 0.3) is 0 Å². The van der Waals surface area contributed by atoms with E-state index in [2.05, 4.69) is 49.6 Å². The van der Waals surface area contributed by atoms with E-state index in [1.165, 1.54) is 0 Å². The summed E-state index contributed by atoms with van der Waals surface area (Å²) >= 11 is 5.17. The zero-order valence-electron chi connectivity index (χ0n) is 10.3. The summed E-state index contributed by atoms with van der Waals surface area (Å²) in [4.78, 5) is 6.55. The molecule has 2 rings (SSSR count). The first kappa shape index (κ1) is 13.5. The van der Waals surface area contributed by atoms with Gasteiger partial charge < -0.3 is 5.32 Å². The molecular formula is C13H16BrN3S. The largest absolute Gasteiger partial charge is 0.383 e. The summed E-state index contributed by atoms with van der Waals surface area (Å²) in [7, 11) is 2.11.